The number of aliphatic hydroxyl groups excluding tert-OH is 1. The molecule has 108 valence electrons. The van der Waals surface area contributed by atoms with Gasteiger partial charge in [-0.15, -0.1) is 0 Å². The van der Waals surface area contributed by atoms with E-state index in [1.807, 2.05) is 6.92 Å². The number of β-amino-alcohol motifs (C(OH)–C–C–N with tert-alkyl or cyclic N) is 1. The van der Waals surface area contributed by atoms with Gasteiger partial charge in [-0.25, -0.2) is 0 Å². The van der Waals surface area contributed by atoms with Crippen molar-refractivity contribution in [1.82, 2.24) is 10.2 Å². The van der Waals surface area contributed by atoms with Gasteiger partial charge in [0.05, 0.1) is 6.10 Å². The Bertz CT molecular complexity index is 346. The van der Waals surface area contributed by atoms with E-state index >= 15 is 0 Å². The van der Waals surface area contributed by atoms with Crippen LogP contribution in [-0.2, 0) is 4.79 Å². The lowest BCUT2D eigenvalue weighted by atomic mass is 9.73. The third-order valence-corrected chi connectivity index (χ3v) is 5.37. The number of nitrogens with zero attached hydrogens (tertiary/aromatic N) is 1. The number of Topliss-reactive ketones (excluding diaryl/α,β-unsaturated/α-hetero) is 1. The van der Waals surface area contributed by atoms with Crippen LogP contribution in [0.25, 0.3) is 0 Å². The quantitative estimate of drug-likeness (QED) is 0.784. The molecule has 1 saturated carbocycles. The second kappa shape index (κ2) is 5.15. The van der Waals surface area contributed by atoms with Crippen molar-refractivity contribution in [2.24, 2.45) is 17.3 Å². The molecule has 4 heteroatoms. The molecule has 3 rings (SSSR count). The van der Waals surface area contributed by atoms with Gasteiger partial charge in [-0.1, -0.05) is 6.92 Å². The first-order valence-corrected chi connectivity index (χ1v) is 7.72. The van der Waals surface area contributed by atoms with Crippen molar-refractivity contribution < 1.29 is 9.90 Å². The average molecular weight is 266 g/mol. The lowest BCUT2D eigenvalue weighted by Crippen LogP contribution is -2.71. The SMILES string of the molecule is CC1C(=O)CCCC1CC(O)CN1CC2(CNC2)C1. The van der Waals surface area contributed by atoms with E-state index in [2.05, 4.69) is 10.2 Å². The van der Waals surface area contributed by atoms with Crippen LogP contribution in [0.15, 0.2) is 0 Å². The Balaban J connectivity index is 1.41. The summed E-state index contributed by atoms with van der Waals surface area (Å²) >= 11 is 0. The van der Waals surface area contributed by atoms with Crippen molar-refractivity contribution in [3.63, 3.8) is 0 Å². The Morgan fingerprint density at radius 3 is 2.84 bits per heavy atom. The molecule has 2 heterocycles. The van der Waals surface area contributed by atoms with Crippen molar-refractivity contribution in [2.45, 2.75) is 38.7 Å². The standard InChI is InChI=1S/C15H26N2O2/c1-11-12(3-2-4-14(11)19)5-13(18)6-17-9-15(10-17)7-16-8-15/h11-13,16,18H,2-10H2,1H3. The van der Waals surface area contributed by atoms with Gasteiger partial charge in [-0.3, -0.25) is 9.69 Å². The first kappa shape index (κ1) is 13.5. The molecule has 0 aromatic carbocycles. The van der Waals surface area contributed by atoms with Crippen LogP contribution in [0.3, 0.4) is 0 Å². The van der Waals surface area contributed by atoms with Crippen LogP contribution in [0.4, 0.5) is 0 Å². The maximum absolute atomic E-state index is 11.7. The molecule has 19 heavy (non-hydrogen) atoms. The minimum absolute atomic E-state index is 0.155. The highest BCUT2D eigenvalue weighted by atomic mass is 16.3. The number of nitrogens with one attached hydrogen (secondary N) is 1. The van der Waals surface area contributed by atoms with Crippen molar-refractivity contribution in [3.8, 4) is 0 Å². The fourth-order valence-corrected chi connectivity index (χ4v) is 4.06. The molecule has 0 amide bonds. The summed E-state index contributed by atoms with van der Waals surface area (Å²) in [6, 6.07) is 0. The molecular formula is C15H26N2O2. The van der Waals surface area contributed by atoms with Crippen molar-refractivity contribution >= 4 is 5.78 Å². The molecular weight excluding hydrogens is 240 g/mol. The van der Waals surface area contributed by atoms with E-state index in [9.17, 15) is 9.90 Å². The fraction of sp³-hybridized carbons (Fsp3) is 0.933. The van der Waals surface area contributed by atoms with Gasteiger partial charge in [0, 0.05) is 50.5 Å². The zero-order chi connectivity index (χ0) is 13.5. The molecule has 4 nitrogen and oxygen atoms in total. The number of hydrogen-bond donors (Lipinski definition) is 2. The maximum atomic E-state index is 11.7. The number of rotatable bonds is 4. The molecule has 0 bridgehead atoms. The highest BCUT2D eigenvalue weighted by Gasteiger charge is 2.47. The first-order valence-electron chi connectivity index (χ1n) is 7.72. The Labute approximate surface area is 115 Å². The van der Waals surface area contributed by atoms with E-state index in [0.29, 0.717) is 17.1 Å². The summed E-state index contributed by atoms with van der Waals surface area (Å²) in [5.74, 6) is 0.950. The number of likely N-dealkylation sites (tertiary alicyclic amines) is 1. The number of hydrogen-bond acceptors (Lipinski definition) is 4. The number of carbonyl (C=O) groups is 1. The molecule has 3 atom stereocenters. The summed E-state index contributed by atoms with van der Waals surface area (Å²) in [6.45, 7) is 7.39. The molecule has 3 aliphatic rings. The van der Waals surface area contributed by atoms with Crippen LogP contribution in [0, 0.1) is 17.3 Å². The summed E-state index contributed by atoms with van der Waals surface area (Å²) in [6.07, 6.45) is 3.41. The minimum Gasteiger partial charge on any atom is -0.392 e. The van der Waals surface area contributed by atoms with Gasteiger partial charge in [-0.05, 0) is 25.2 Å². The van der Waals surface area contributed by atoms with Gasteiger partial charge < -0.3 is 10.4 Å². The Hall–Kier alpha value is -0.450. The van der Waals surface area contributed by atoms with E-state index in [0.717, 1.165) is 58.4 Å². The third kappa shape index (κ3) is 2.71. The molecule has 2 aliphatic heterocycles. The van der Waals surface area contributed by atoms with Gasteiger partial charge >= 0.3 is 0 Å². The highest BCUT2D eigenvalue weighted by Crippen LogP contribution is 2.35. The molecule has 2 saturated heterocycles. The van der Waals surface area contributed by atoms with E-state index in [1.165, 1.54) is 0 Å². The monoisotopic (exact) mass is 266 g/mol. The zero-order valence-electron chi connectivity index (χ0n) is 11.9. The van der Waals surface area contributed by atoms with Crippen LogP contribution in [0.2, 0.25) is 0 Å². The van der Waals surface area contributed by atoms with E-state index in [4.69, 9.17) is 0 Å². The van der Waals surface area contributed by atoms with Gasteiger partial charge in [0.25, 0.3) is 0 Å². The normalized spacial score (nSPS) is 35.8. The largest absolute Gasteiger partial charge is 0.392 e. The summed E-state index contributed by atoms with van der Waals surface area (Å²) in [7, 11) is 0. The smallest absolute Gasteiger partial charge is 0.135 e. The molecule has 3 fully saturated rings. The predicted octanol–water partition coefficient (Wildman–Crippen LogP) is 0.648. The first-order chi connectivity index (χ1) is 9.08. The molecule has 0 aromatic rings. The van der Waals surface area contributed by atoms with Gasteiger partial charge in [-0.2, -0.15) is 0 Å². The second-order valence-corrected chi connectivity index (χ2v) is 7.07. The third-order valence-electron chi connectivity index (χ3n) is 5.37. The summed E-state index contributed by atoms with van der Waals surface area (Å²) in [4.78, 5) is 14.1. The van der Waals surface area contributed by atoms with Gasteiger partial charge in [0.15, 0.2) is 0 Å². The fourth-order valence-electron chi connectivity index (χ4n) is 4.06. The van der Waals surface area contributed by atoms with Crippen molar-refractivity contribution in [1.29, 1.82) is 0 Å². The molecule has 2 N–H and O–H groups in total. The Morgan fingerprint density at radius 1 is 1.47 bits per heavy atom. The van der Waals surface area contributed by atoms with Crippen LogP contribution in [-0.4, -0.2) is 54.6 Å². The highest BCUT2D eigenvalue weighted by molar-refractivity contribution is 5.81. The van der Waals surface area contributed by atoms with Crippen LogP contribution < -0.4 is 5.32 Å². The van der Waals surface area contributed by atoms with E-state index in [-0.39, 0.29) is 12.0 Å². The lowest BCUT2D eigenvalue weighted by molar-refractivity contribution is -0.126. The minimum atomic E-state index is -0.260. The molecule has 0 radical (unpaired) electrons. The second-order valence-electron chi connectivity index (χ2n) is 7.07. The van der Waals surface area contributed by atoms with Gasteiger partial charge in [0.2, 0.25) is 0 Å². The Kier molecular flexibility index (Phi) is 3.67. The topological polar surface area (TPSA) is 52.6 Å². The molecule has 3 unspecified atom stereocenters. The number of carbonyl (C=O) groups excluding carboxylic acids is 1. The molecule has 1 spiro atoms. The lowest BCUT2D eigenvalue weighted by Gasteiger charge is -2.56. The van der Waals surface area contributed by atoms with Crippen molar-refractivity contribution in [3.05, 3.63) is 0 Å². The molecule has 1 aliphatic carbocycles. The van der Waals surface area contributed by atoms with E-state index in [1.54, 1.807) is 0 Å². The predicted molar refractivity (Wildman–Crippen MR) is 73.9 cm³/mol. The zero-order valence-corrected chi connectivity index (χ0v) is 11.9. The number of ketones is 1. The average Bonchev–Trinajstić information content (AvgIpc) is 2.27. The number of aliphatic hydroxyl groups is 1. The van der Waals surface area contributed by atoms with Crippen LogP contribution >= 0.6 is 0 Å². The van der Waals surface area contributed by atoms with Crippen LogP contribution in [0.5, 0.6) is 0 Å². The Morgan fingerprint density at radius 2 is 2.21 bits per heavy atom. The van der Waals surface area contributed by atoms with Crippen molar-refractivity contribution in [2.75, 3.05) is 32.7 Å². The summed E-state index contributed by atoms with van der Waals surface area (Å²) in [5, 5.41) is 13.6. The van der Waals surface area contributed by atoms with Crippen LogP contribution in [0.1, 0.15) is 32.6 Å². The summed E-state index contributed by atoms with van der Waals surface area (Å²) < 4.78 is 0. The summed E-state index contributed by atoms with van der Waals surface area (Å²) in [5.41, 5.74) is 0.536. The van der Waals surface area contributed by atoms with Gasteiger partial charge in [0.1, 0.15) is 5.78 Å². The molecule has 0 aromatic heterocycles. The van der Waals surface area contributed by atoms with E-state index < -0.39 is 0 Å². The maximum Gasteiger partial charge on any atom is 0.135 e.